The van der Waals surface area contributed by atoms with E-state index in [2.05, 4.69) is 0 Å². The summed E-state index contributed by atoms with van der Waals surface area (Å²) in [6.07, 6.45) is -0.0212. The van der Waals surface area contributed by atoms with Gasteiger partial charge in [0.05, 0.1) is 24.3 Å². The second kappa shape index (κ2) is 10.2. The van der Waals surface area contributed by atoms with E-state index in [4.69, 9.17) is 9.47 Å². The molecule has 4 rings (SSSR count). The predicted octanol–water partition coefficient (Wildman–Crippen LogP) is 5.95. The molecule has 3 aromatic carbocycles. The van der Waals surface area contributed by atoms with Crippen LogP contribution in [-0.4, -0.2) is 29.5 Å². The number of carbonyl (C=O) groups excluding carboxylic acids is 2. The number of aliphatic hydroxyl groups excluding tert-OH is 1. The van der Waals surface area contributed by atoms with Crippen molar-refractivity contribution in [2.45, 2.75) is 39.8 Å². The highest BCUT2D eigenvalue weighted by Crippen LogP contribution is 2.43. The third kappa shape index (κ3) is 4.82. The number of carbonyl (C=O) groups is 2. The van der Waals surface area contributed by atoms with Gasteiger partial charge in [0.1, 0.15) is 23.1 Å². The molecule has 3 aromatic rings. The van der Waals surface area contributed by atoms with Crippen molar-refractivity contribution in [3.63, 3.8) is 0 Å². The Morgan fingerprint density at radius 1 is 1.00 bits per heavy atom. The maximum atomic E-state index is 13.9. The number of ether oxygens (including phenoxy) is 2. The van der Waals surface area contributed by atoms with Gasteiger partial charge >= 0.3 is 0 Å². The molecule has 1 aliphatic rings. The van der Waals surface area contributed by atoms with E-state index in [0.29, 0.717) is 34.9 Å². The minimum absolute atomic E-state index is 0.0212. The number of hydrogen-bond acceptors (Lipinski definition) is 5. The van der Waals surface area contributed by atoms with Crippen LogP contribution in [-0.2, 0) is 9.59 Å². The summed E-state index contributed by atoms with van der Waals surface area (Å²) in [6.45, 7) is 7.76. The molecule has 7 heteroatoms. The lowest BCUT2D eigenvalue weighted by Crippen LogP contribution is -2.29. The maximum absolute atomic E-state index is 13.9. The first-order valence-corrected chi connectivity index (χ1v) is 11.8. The number of rotatable bonds is 7. The van der Waals surface area contributed by atoms with Crippen molar-refractivity contribution in [2.24, 2.45) is 0 Å². The van der Waals surface area contributed by atoms with Crippen LogP contribution >= 0.6 is 0 Å². The molecule has 1 heterocycles. The van der Waals surface area contributed by atoms with Gasteiger partial charge in [-0.15, -0.1) is 0 Å². The highest BCUT2D eigenvalue weighted by atomic mass is 19.1. The second-order valence-corrected chi connectivity index (χ2v) is 8.80. The van der Waals surface area contributed by atoms with Gasteiger partial charge in [-0.05, 0) is 93.4 Å². The van der Waals surface area contributed by atoms with Crippen molar-refractivity contribution in [1.29, 1.82) is 0 Å². The molecule has 36 heavy (non-hydrogen) atoms. The van der Waals surface area contributed by atoms with Gasteiger partial charge in [0.15, 0.2) is 0 Å². The fraction of sp³-hybridized carbons (Fsp3) is 0.241. The van der Waals surface area contributed by atoms with Gasteiger partial charge < -0.3 is 14.6 Å². The summed E-state index contributed by atoms with van der Waals surface area (Å²) in [5.41, 5.74) is 1.58. The first kappa shape index (κ1) is 25.0. The zero-order valence-corrected chi connectivity index (χ0v) is 20.6. The molecule has 0 radical (unpaired) electrons. The van der Waals surface area contributed by atoms with Gasteiger partial charge in [-0.2, -0.15) is 0 Å². The minimum atomic E-state index is -0.901. The van der Waals surface area contributed by atoms with E-state index in [1.54, 1.807) is 55.5 Å². The van der Waals surface area contributed by atoms with Crippen molar-refractivity contribution in [3.05, 3.63) is 94.8 Å². The number of amides is 1. The third-order valence-electron chi connectivity index (χ3n) is 5.87. The molecule has 1 N–H and O–H groups in total. The van der Waals surface area contributed by atoms with Crippen LogP contribution in [0.15, 0.2) is 72.3 Å². The summed E-state index contributed by atoms with van der Waals surface area (Å²) in [5.74, 6) is -1.12. The Morgan fingerprint density at radius 2 is 1.64 bits per heavy atom. The van der Waals surface area contributed by atoms with Crippen LogP contribution in [0.3, 0.4) is 0 Å². The number of aliphatic hydroxyl groups is 1. The molecule has 1 aliphatic heterocycles. The SMILES string of the molecule is CCOc1ccc(N2C(=O)C(=O)/C(=C(\O)c3ccc(F)c(C)c3)C2c2ccc(OC(C)C)cc2)cc1. The topological polar surface area (TPSA) is 76.1 Å². The average Bonchev–Trinajstić information content (AvgIpc) is 3.11. The van der Waals surface area contributed by atoms with Crippen LogP contribution in [0.25, 0.3) is 5.76 Å². The highest BCUT2D eigenvalue weighted by molar-refractivity contribution is 6.51. The fourth-order valence-electron chi connectivity index (χ4n) is 4.23. The van der Waals surface area contributed by atoms with Gasteiger partial charge in [0.2, 0.25) is 0 Å². The summed E-state index contributed by atoms with van der Waals surface area (Å²) >= 11 is 0. The van der Waals surface area contributed by atoms with E-state index in [-0.39, 0.29) is 23.0 Å². The average molecular weight is 490 g/mol. The van der Waals surface area contributed by atoms with Crippen molar-refractivity contribution in [3.8, 4) is 11.5 Å². The van der Waals surface area contributed by atoms with Crippen molar-refractivity contribution in [2.75, 3.05) is 11.5 Å². The van der Waals surface area contributed by atoms with E-state index in [9.17, 15) is 19.1 Å². The Balaban J connectivity index is 1.87. The Bertz CT molecular complexity index is 1310. The number of hydrogen-bond donors (Lipinski definition) is 1. The molecule has 0 aromatic heterocycles. The van der Waals surface area contributed by atoms with Crippen LogP contribution in [0.1, 0.15) is 43.5 Å². The molecule has 0 bridgehead atoms. The van der Waals surface area contributed by atoms with E-state index >= 15 is 0 Å². The number of nitrogens with zero attached hydrogens (tertiary/aromatic N) is 1. The largest absolute Gasteiger partial charge is 0.507 e. The van der Waals surface area contributed by atoms with Crippen LogP contribution in [0.2, 0.25) is 0 Å². The Hall–Kier alpha value is -4.13. The third-order valence-corrected chi connectivity index (χ3v) is 5.87. The van der Waals surface area contributed by atoms with E-state index < -0.39 is 23.5 Å². The summed E-state index contributed by atoms with van der Waals surface area (Å²) in [5, 5.41) is 11.2. The molecule has 0 aliphatic carbocycles. The van der Waals surface area contributed by atoms with E-state index in [1.165, 1.54) is 23.1 Å². The van der Waals surface area contributed by atoms with Crippen LogP contribution in [0.5, 0.6) is 11.5 Å². The summed E-state index contributed by atoms with van der Waals surface area (Å²) in [4.78, 5) is 27.9. The monoisotopic (exact) mass is 489 g/mol. The number of ketones is 1. The Morgan fingerprint density at radius 3 is 2.22 bits per heavy atom. The minimum Gasteiger partial charge on any atom is -0.507 e. The normalized spacial score (nSPS) is 17.1. The molecule has 6 nitrogen and oxygen atoms in total. The van der Waals surface area contributed by atoms with Crippen molar-refractivity contribution < 1.29 is 28.6 Å². The predicted molar refractivity (Wildman–Crippen MR) is 136 cm³/mol. The number of halogens is 1. The van der Waals surface area contributed by atoms with Gasteiger partial charge in [-0.3, -0.25) is 14.5 Å². The number of aryl methyl sites for hydroxylation is 1. The molecule has 1 fully saturated rings. The Labute approximate surface area is 209 Å². The second-order valence-electron chi connectivity index (χ2n) is 8.80. The lowest BCUT2D eigenvalue weighted by atomic mass is 9.94. The van der Waals surface area contributed by atoms with E-state index in [0.717, 1.165) is 0 Å². The highest BCUT2D eigenvalue weighted by Gasteiger charge is 2.47. The van der Waals surface area contributed by atoms with Crippen molar-refractivity contribution >= 4 is 23.1 Å². The van der Waals surface area contributed by atoms with Crippen LogP contribution in [0, 0.1) is 12.7 Å². The zero-order valence-electron chi connectivity index (χ0n) is 20.6. The first-order chi connectivity index (χ1) is 17.2. The summed E-state index contributed by atoms with van der Waals surface area (Å²) in [7, 11) is 0. The molecule has 0 saturated carbocycles. The molecule has 186 valence electrons. The lowest BCUT2D eigenvalue weighted by Gasteiger charge is -2.26. The molecule has 1 atom stereocenters. The van der Waals surface area contributed by atoms with Crippen molar-refractivity contribution in [1.82, 2.24) is 0 Å². The summed E-state index contributed by atoms with van der Waals surface area (Å²) < 4.78 is 25.1. The molecular weight excluding hydrogens is 461 g/mol. The summed E-state index contributed by atoms with van der Waals surface area (Å²) in [6, 6.07) is 17.0. The van der Waals surface area contributed by atoms with Gasteiger partial charge in [-0.1, -0.05) is 12.1 Å². The zero-order chi connectivity index (χ0) is 26.0. The Kier molecular flexibility index (Phi) is 7.10. The maximum Gasteiger partial charge on any atom is 0.300 e. The lowest BCUT2D eigenvalue weighted by molar-refractivity contribution is -0.132. The quantitative estimate of drug-likeness (QED) is 0.252. The smallest absolute Gasteiger partial charge is 0.300 e. The van der Waals surface area contributed by atoms with Crippen LogP contribution in [0.4, 0.5) is 10.1 Å². The standard InChI is InChI=1S/C29H28FNO5/c1-5-35-22-13-9-21(10-14-22)31-26(19-6-11-23(12-7-19)36-17(2)3)25(28(33)29(31)34)27(32)20-8-15-24(30)18(4)16-20/h6-17,26,32H,5H2,1-4H3/b27-25-. The van der Waals surface area contributed by atoms with Crippen LogP contribution < -0.4 is 14.4 Å². The van der Waals surface area contributed by atoms with Gasteiger partial charge in [0, 0.05) is 11.3 Å². The number of anilines is 1. The number of Topliss-reactive ketones (excluding diaryl/α,β-unsaturated/α-hetero) is 1. The first-order valence-electron chi connectivity index (χ1n) is 11.8. The molecule has 0 spiro atoms. The molecule has 1 amide bonds. The molecular formula is C29H28FNO5. The van der Waals surface area contributed by atoms with Gasteiger partial charge in [-0.25, -0.2) is 4.39 Å². The molecule has 1 unspecified atom stereocenters. The van der Waals surface area contributed by atoms with Gasteiger partial charge in [0.25, 0.3) is 11.7 Å². The van der Waals surface area contributed by atoms with E-state index in [1.807, 2.05) is 20.8 Å². The number of benzene rings is 3. The molecule has 1 saturated heterocycles. The fourth-order valence-corrected chi connectivity index (χ4v) is 4.23.